The van der Waals surface area contributed by atoms with Crippen LogP contribution in [0.5, 0.6) is 0 Å². The molecule has 2 rings (SSSR count). The first kappa shape index (κ1) is 23.5. The van der Waals surface area contributed by atoms with Gasteiger partial charge >= 0.3 is 0 Å². The highest BCUT2D eigenvalue weighted by molar-refractivity contribution is 7.92. The lowest BCUT2D eigenvalue weighted by molar-refractivity contribution is 0.543. The van der Waals surface area contributed by atoms with Crippen molar-refractivity contribution in [3.05, 3.63) is 59.7 Å². The molecule has 0 spiro atoms. The third-order valence-corrected chi connectivity index (χ3v) is 5.75. The maximum absolute atomic E-state index is 12.5. The average Bonchev–Trinajstić information content (AvgIpc) is 2.61. The fraction of sp³-hybridized carbons (Fsp3) is 0.429. The summed E-state index contributed by atoms with van der Waals surface area (Å²) in [4.78, 5) is 0.281. The number of benzene rings is 2. The molecular weight excluding hydrogens is 380 g/mol. The maximum Gasteiger partial charge on any atom is 0.261 e. The zero-order chi connectivity index (χ0) is 19.2. The smallest absolute Gasteiger partial charge is 0.261 e. The van der Waals surface area contributed by atoms with Crippen LogP contribution in [0.15, 0.2) is 53.4 Å². The number of anilines is 1. The standard InChI is InChI=1S/C21H30N2O2S.ClH/c1-5-14-22-17(4)15-18-6-10-20(11-7-18)23-26(24,25)21-12-8-19(9-13-21)16(2)3;/h6-13,16-17,22-23H,5,14-15H2,1-4H3;1H. The van der Waals surface area contributed by atoms with Crippen LogP contribution < -0.4 is 10.0 Å². The van der Waals surface area contributed by atoms with Crippen molar-refractivity contribution >= 4 is 28.1 Å². The molecule has 0 aromatic heterocycles. The highest BCUT2D eigenvalue weighted by Gasteiger charge is 2.14. The fourth-order valence-electron chi connectivity index (χ4n) is 2.77. The van der Waals surface area contributed by atoms with Crippen molar-refractivity contribution in [3.63, 3.8) is 0 Å². The minimum absolute atomic E-state index is 0. The van der Waals surface area contributed by atoms with Gasteiger partial charge in [0.15, 0.2) is 0 Å². The lowest BCUT2D eigenvalue weighted by atomic mass is 10.0. The van der Waals surface area contributed by atoms with Crippen molar-refractivity contribution in [2.24, 2.45) is 0 Å². The van der Waals surface area contributed by atoms with E-state index >= 15 is 0 Å². The molecule has 0 fully saturated rings. The summed E-state index contributed by atoms with van der Waals surface area (Å²) in [6.07, 6.45) is 2.03. The zero-order valence-electron chi connectivity index (χ0n) is 16.5. The number of rotatable bonds is 9. The van der Waals surface area contributed by atoms with E-state index in [1.807, 2.05) is 36.4 Å². The summed E-state index contributed by atoms with van der Waals surface area (Å²) in [6.45, 7) is 9.49. The highest BCUT2D eigenvalue weighted by Crippen LogP contribution is 2.20. The molecule has 0 aliphatic heterocycles. The normalized spacial score (nSPS) is 12.5. The molecule has 0 bridgehead atoms. The average molecular weight is 411 g/mol. The van der Waals surface area contributed by atoms with Gasteiger partial charge in [-0.15, -0.1) is 12.4 Å². The van der Waals surface area contributed by atoms with Crippen LogP contribution in [0.3, 0.4) is 0 Å². The Morgan fingerprint density at radius 3 is 2.04 bits per heavy atom. The Labute approximate surface area is 170 Å². The second kappa shape index (κ2) is 10.7. The van der Waals surface area contributed by atoms with E-state index in [9.17, 15) is 8.42 Å². The molecule has 0 amide bonds. The van der Waals surface area contributed by atoms with Gasteiger partial charge in [-0.2, -0.15) is 0 Å². The first-order valence-electron chi connectivity index (χ1n) is 9.27. The van der Waals surface area contributed by atoms with Gasteiger partial charge in [0.1, 0.15) is 0 Å². The van der Waals surface area contributed by atoms with Crippen molar-refractivity contribution in [2.75, 3.05) is 11.3 Å². The summed E-state index contributed by atoms with van der Waals surface area (Å²) in [5.41, 5.74) is 2.89. The molecule has 1 unspecified atom stereocenters. The number of sulfonamides is 1. The molecule has 6 heteroatoms. The molecule has 0 heterocycles. The molecule has 0 saturated carbocycles. The number of hydrogen-bond donors (Lipinski definition) is 2. The molecule has 2 N–H and O–H groups in total. The molecule has 150 valence electrons. The summed E-state index contributed by atoms with van der Waals surface area (Å²) >= 11 is 0. The molecule has 1 atom stereocenters. The van der Waals surface area contributed by atoms with Crippen LogP contribution in [0.4, 0.5) is 5.69 Å². The van der Waals surface area contributed by atoms with Crippen LogP contribution in [0.2, 0.25) is 0 Å². The van der Waals surface area contributed by atoms with Crippen LogP contribution >= 0.6 is 12.4 Å². The Morgan fingerprint density at radius 1 is 0.926 bits per heavy atom. The van der Waals surface area contributed by atoms with Gasteiger partial charge in [-0.25, -0.2) is 8.42 Å². The minimum atomic E-state index is -3.57. The zero-order valence-corrected chi connectivity index (χ0v) is 18.2. The van der Waals surface area contributed by atoms with Crippen LogP contribution in [0.25, 0.3) is 0 Å². The first-order chi connectivity index (χ1) is 12.3. The van der Waals surface area contributed by atoms with E-state index in [1.54, 1.807) is 12.1 Å². The largest absolute Gasteiger partial charge is 0.314 e. The van der Waals surface area contributed by atoms with Crippen LogP contribution in [-0.4, -0.2) is 21.0 Å². The molecule has 4 nitrogen and oxygen atoms in total. The van der Waals surface area contributed by atoms with Crippen molar-refractivity contribution < 1.29 is 8.42 Å². The maximum atomic E-state index is 12.5. The fourth-order valence-corrected chi connectivity index (χ4v) is 3.83. The minimum Gasteiger partial charge on any atom is -0.314 e. The SMILES string of the molecule is CCCNC(C)Cc1ccc(NS(=O)(=O)c2ccc(C(C)C)cc2)cc1.Cl. The van der Waals surface area contributed by atoms with E-state index in [1.165, 1.54) is 5.56 Å². The van der Waals surface area contributed by atoms with Gasteiger partial charge < -0.3 is 5.32 Å². The van der Waals surface area contributed by atoms with Gasteiger partial charge in [0.2, 0.25) is 0 Å². The van der Waals surface area contributed by atoms with E-state index < -0.39 is 10.0 Å². The van der Waals surface area contributed by atoms with Gasteiger partial charge in [-0.05, 0) is 67.6 Å². The van der Waals surface area contributed by atoms with Crippen LogP contribution in [0, 0.1) is 0 Å². The molecule has 0 saturated heterocycles. The molecule has 27 heavy (non-hydrogen) atoms. The van der Waals surface area contributed by atoms with E-state index in [4.69, 9.17) is 0 Å². The van der Waals surface area contributed by atoms with Crippen LogP contribution in [-0.2, 0) is 16.4 Å². The van der Waals surface area contributed by atoms with Crippen molar-refractivity contribution in [1.82, 2.24) is 5.32 Å². The number of halogens is 1. The second-order valence-corrected chi connectivity index (χ2v) is 8.77. The topological polar surface area (TPSA) is 58.2 Å². The van der Waals surface area contributed by atoms with Gasteiger partial charge in [-0.1, -0.05) is 45.0 Å². The lowest BCUT2D eigenvalue weighted by Gasteiger charge is -2.14. The molecule has 2 aromatic carbocycles. The molecule has 0 aliphatic rings. The Balaban J connectivity index is 0.00000364. The number of nitrogens with one attached hydrogen (secondary N) is 2. The van der Waals surface area contributed by atoms with E-state index in [0.29, 0.717) is 17.6 Å². The highest BCUT2D eigenvalue weighted by atomic mass is 35.5. The number of hydrogen-bond acceptors (Lipinski definition) is 3. The Bertz CT molecular complexity index is 788. The Kier molecular flexibility index (Phi) is 9.30. The molecule has 0 aliphatic carbocycles. The second-order valence-electron chi connectivity index (χ2n) is 7.09. The Morgan fingerprint density at radius 2 is 1.52 bits per heavy atom. The first-order valence-corrected chi connectivity index (χ1v) is 10.7. The predicted octanol–water partition coefficient (Wildman–Crippen LogP) is 4.96. The predicted molar refractivity (Wildman–Crippen MR) is 116 cm³/mol. The van der Waals surface area contributed by atoms with Crippen molar-refractivity contribution in [2.45, 2.75) is 57.4 Å². The van der Waals surface area contributed by atoms with E-state index in [2.05, 4.69) is 37.7 Å². The van der Waals surface area contributed by atoms with E-state index in [-0.39, 0.29) is 17.3 Å². The van der Waals surface area contributed by atoms with Gasteiger partial charge in [0.25, 0.3) is 10.0 Å². The summed E-state index contributed by atoms with van der Waals surface area (Å²) in [6, 6.07) is 15.1. The summed E-state index contributed by atoms with van der Waals surface area (Å²) in [5.74, 6) is 0.376. The van der Waals surface area contributed by atoms with E-state index in [0.717, 1.165) is 24.9 Å². The molecular formula is C21H31ClN2O2S. The lowest BCUT2D eigenvalue weighted by Crippen LogP contribution is -2.28. The molecule has 0 radical (unpaired) electrons. The van der Waals surface area contributed by atoms with Gasteiger partial charge in [0.05, 0.1) is 4.90 Å². The quantitative estimate of drug-likeness (QED) is 0.614. The third-order valence-electron chi connectivity index (χ3n) is 4.35. The van der Waals surface area contributed by atoms with Gasteiger partial charge in [-0.3, -0.25) is 4.72 Å². The monoisotopic (exact) mass is 410 g/mol. The van der Waals surface area contributed by atoms with Crippen molar-refractivity contribution in [1.29, 1.82) is 0 Å². The van der Waals surface area contributed by atoms with Crippen molar-refractivity contribution in [3.8, 4) is 0 Å². The Hall–Kier alpha value is -1.56. The van der Waals surface area contributed by atoms with Gasteiger partial charge in [0, 0.05) is 11.7 Å². The summed E-state index contributed by atoms with van der Waals surface area (Å²) in [7, 11) is -3.57. The third kappa shape index (κ3) is 7.17. The van der Waals surface area contributed by atoms with Crippen LogP contribution in [0.1, 0.15) is 51.2 Å². The molecule has 2 aromatic rings. The summed E-state index contributed by atoms with van der Waals surface area (Å²) < 4.78 is 27.7. The summed E-state index contributed by atoms with van der Waals surface area (Å²) in [5, 5.41) is 3.46.